The second-order valence-electron chi connectivity index (χ2n) is 5.98. The number of aromatic nitrogens is 2. The van der Waals surface area contributed by atoms with E-state index in [1.165, 1.54) is 0 Å². The minimum Gasteiger partial charge on any atom is -0.467 e. The highest BCUT2D eigenvalue weighted by molar-refractivity contribution is 14.0. The van der Waals surface area contributed by atoms with Crippen molar-refractivity contribution in [3.05, 3.63) is 42.1 Å². The SMILES string of the molecule is CCNC(=NCC(O)c1ccco1)N1CCOC(c2cnn(C)c2)C1.I. The number of ether oxygens (including phenoxy) is 1. The van der Waals surface area contributed by atoms with Gasteiger partial charge < -0.3 is 24.5 Å². The van der Waals surface area contributed by atoms with Crippen molar-refractivity contribution < 1.29 is 14.3 Å². The van der Waals surface area contributed by atoms with Crippen LogP contribution >= 0.6 is 24.0 Å². The summed E-state index contributed by atoms with van der Waals surface area (Å²) in [6, 6.07) is 3.51. The highest BCUT2D eigenvalue weighted by Crippen LogP contribution is 2.22. The van der Waals surface area contributed by atoms with Gasteiger partial charge in [-0.2, -0.15) is 5.10 Å². The molecular formula is C17H26IN5O3. The number of hydrogen-bond acceptors (Lipinski definition) is 5. The van der Waals surface area contributed by atoms with Crippen molar-refractivity contribution in [1.29, 1.82) is 0 Å². The van der Waals surface area contributed by atoms with Gasteiger partial charge in [0.2, 0.25) is 0 Å². The molecule has 2 aromatic heterocycles. The van der Waals surface area contributed by atoms with Crippen LogP contribution in [0.5, 0.6) is 0 Å². The average Bonchev–Trinajstić information content (AvgIpc) is 3.30. The lowest BCUT2D eigenvalue weighted by atomic mass is 10.1. The van der Waals surface area contributed by atoms with Crippen LogP contribution in [-0.4, -0.2) is 58.5 Å². The Kier molecular flexibility index (Phi) is 7.91. The van der Waals surface area contributed by atoms with Crippen molar-refractivity contribution in [2.45, 2.75) is 19.1 Å². The number of aliphatic imine (C=N–C) groups is 1. The standard InChI is InChI=1S/C17H25N5O3.HI/c1-3-18-17(19-10-14(23)15-5-4-7-24-15)22-6-8-25-16(12-22)13-9-20-21(2)11-13;/h4-5,7,9,11,14,16,23H,3,6,8,10,12H2,1-2H3,(H,18,19);1H. The molecule has 0 aliphatic carbocycles. The van der Waals surface area contributed by atoms with Crippen LogP contribution in [0, 0.1) is 0 Å². The second-order valence-corrected chi connectivity index (χ2v) is 5.98. The Morgan fingerprint density at radius 3 is 3.04 bits per heavy atom. The Hall–Kier alpha value is -1.59. The normalized spacial score (nSPS) is 19.1. The first-order valence-electron chi connectivity index (χ1n) is 8.52. The summed E-state index contributed by atoms with van der Waals surface area (Å²) >= 11 is 0. The molecule has 2 aromatic rings. The molecule has 0 saturated carbocycles. The number of furan rings is 1. The molecule has 3 heterocycles. The van der Waals surface area contributed by atoms with Crippen LogP contribution < -0.4 is 5.32 Å². The number of nitrogens with one attached hydrogen (secondary N) is 1. The zero-order valence-corrected chi connectivity index (χ0v) is 17.4. The van der Waals surface area contributed by atoms with Gasteiger partial charge in [-0.15, -0.1) is 24.0 Å². The molecule has 2 N–H and O–H groups in total. The summed E-state index contributed by atoms with van der Waals surface area (Å²) in [5.74, 6) is 1.29. The number of hydrogen-bond donors (Lipinski definition) is 2. The van der Waals surface area contributed by atoms with Gasteiger partial charge in [-0.3, -0.25) is 4.68 Å². The Morgan fingerprint density at radius 2 is 2.38 bits per heavy atom. The molecule has 0 aromatic carbocycles. The summed E-state index contributed by atoms with van der Waals surface area (Å²) in [4.78, 5) is 6.72. The van der Waals surface area contributed by atoms with Gasteiger partial charge in [-0.25, -0.2) is 4.99 Å². The molecule has 1 fully saturated rings. The molecule has 0 radical (unpaired) electrons. The number of aliphatic hydroxyl groups excluding tert-OH is 1. The fraction of sp³-hybridized carbons (Fsp3) is 0.529. The minimum atomic E-state index is -0.751. The first-order valence-corrected chi connectivity index (χ1v) is 8.52. The van der Waals surface area contributed by atoms with Crippen molar-refractivity contribution in [2.75, 3.05) is 32.8 Å². The molecule has 0 spiro atoms. The first kappa shape index (κ1) is 20.7. The van der Waals surface area contributed by atoms with Gasteiger partial charge in [-0.05, 0) is 19.1 Å². The fourth-order valence-electron chi connectivity index (χ4n) is 2.82. The van der Waals surface area contributed by atoms with E-state index in [2.05, 4.69) is 20.3 Å². The van der Waals surface area contributed by atoms with Gasteiger partial charge in [0.15, 0.2) is 5.96 Å². The molecule has 144 valence electrons. The van der Waals surface area contributed by atoms with E-state index in [1.807, 2.05) is 26.4 Å². The van der Waals surface area contributed by atoms with Crippen molar-refractivity contribution in [1.82, 2.24) is 20.0 Å². The first-order chi connectivity index (χ1) is 12.2. The molecule has 2 unspecified atom stereocenters. The smallest absolute Gasteiger partial charge is 0.194 e. The van der Waals surface area contributed by atoms with Gasteiger partial charge in [0.1, 0.15) is 18.0 Å². The molecule has 26 heavy (non-hydrogen) atoms. The third-order valence-corrected chi connectivity index (χ3v) is 4.08. The van der Waals surface area contributed by atoms with Crippen LogP contribution in [0.15, 0.2) is 40.2 Å². The number of rotatable bonds is 5. The van der Waals surface area contributed by atoms with Crippen LogP contribution in [0.3, 0.4) is 0 Å². The average molecular weight is 475 g/mol. The summed E-state index contributed by atoms with van der Waals surface area (Å²) in [7, 11) is 1.89. The van der Waals surface area contributed by atoms with Crippen LogP contribution in [0.2, 0.25) is 0 Å². The second kappa shape index (κ2) is 9.93. The molecule has 0 bridgehead atoms. The fourth-order valence-corrected chi connectivity index (χ4v) is 2.82. The Labute approximate surface area is 170 Å². The van der Waals surface area contributed by atoms with E-state index in [0.717, 1.165) is 24.6 Å². The predicted molar refractivity (Wildman–Crippen MR) is 109 cm³/mol. The van der Waals surface area contributed by atoms with E-state index >= 15 is 0 Å². The Balaban J connectivity index is 0.00000243. The molecule has 3 rings (SSSR count). The van der Waals surface area contributed by atoms with Crippen molar-refractivity contribution >= 4 is 29.9 Å². The number of nitrogens with zero attached hydrogens (tertiary/aromatic N) is 4. The quantitative estimate of drug-likeness (QED) is 0.389. The van der Waals surface area contributed by atoms with E-state index in [4.69, 9.17) is 9.15 Å². The molecule has 1 aliphatic heterocycles. The minimum absolute atomic E-state index is 0. The highest BCUT2D eigenvalue weighted by Gasteiger charge is 2.25. The molecule has 8 nitrogen and oxygen atoms in total. The molecule has 2 atom stereocenters. The summed E-state index contributed by atoms with van der Waals surface area (Å²) in [5, 5.41) is 17.7. The lowest BCUT2D eigenvalue weighted by Crippen LogP contribution is -2.48. The number of aliphatic hydroxyl groups is 1. The Morgan fingerprint density at radius 1 is 1.54 bits per heavy atom. The van der Waals surface area contributed by atoms with Crippen molar-refractivity contribution in [2.24, 2.45) is 12.0 Å². The largest absolute Gasteiger partial charge is 0.467 e. The third kappa shape index (κ3) is 5.21. The maximum Gasteiger partial charge on any atom is 0.194 e. The molecule has 0 amide bonds. The van der Waals surface area contributed by atoms with E-state index in [9.17, 15) is 5.11 Å². The lowest BCUT2D eigenvalue weighted by molar-refractivity contribution is -0.00812. The lowest BCUT2D eigenvalue weighted by Gasteiger charge is -2.34. The zero-order valence-electron chi connectivity index (χ0n) is 15.0. The number of aryl methyl sites for hydroxylation is 1. The maximum atomic E-state index is 10.2. The van der Waals surface area contributed by atoms with Crippen LogP contribution in [0.25, 0.3) is 0 Å². The number of guanidine groups is 1. The number of morpholine rings is 1. The van der Waals surface area contributed by atoms with Gasteiger partial charge >= 0.3 is 0 Å². The molecule has 1 saturated heterocycles. The van der Waals surface area contributed by atoms with Gasteiger partial charge in [0, 0.05) is 31.9 Å². The van der Waals surface area contributed by atoms with Crippen LogP contribution in [0.4, 0.5) is 0 Å². The summed E-state index contributed by atoms with van der Waals surface area (Å²) in [6.45, 7) is 5.07. The van der Waals surface area contributed by atoms with Crippen molar-refractivity contribution in [3.63, 3.8) is 0 Å². The highest BCUT2D eigenvalue weighted by atomic mass is 127. The topological polar surface area (TPSA) is 88.1 Å². The van der Waals surface area contributed by atoms with E-state index < -0.39 is 6.10 Å². The summed E-state index contributed by atoms with van der Waals surface area (Å²) in [6.07, 6.45) is 4.56. The molecule has 9 heteroatoms. The molecule has 1 aliphatic rings. The number of halogens is 1. The van der Waals surface area contributed by atoms with Crippen LogP contribution in [-0.2, 0) is 11.8 Å². The van der Waals surface area contributed by atoms with Gasteiger partial charge in [0.05, 0.1) is 32.2 Å². The van der Waals surface area contributed by atoms with E-state index in [0.29, 0.717) is 18.9 Å². The van der Waals surface area contributed by atoms with Crippen molar-refractivity contribution in [3.8, 4) is 0 Å². The van der Waals surface area contributed by atoms with E-state index in [1.54, 1.807) is 23.1 Å². The maximum absolute atomic E-state index is 10.2. The van der Waals surface area contributed by atoms with Gasteiger partial charge in [-0.1, -0.05) is 0 Å². The monoisotopic (exact) mass is 475 g/mol. The summed E-state index contributed by atoms with van der Waals surface area (Å²) in [5.41, 5.74) is 1.05. The van der Waals surface area contributed by atoms with Crippen LogP contribution in [0.1, 0.15) is 30.5 Å². The molecular weight excluding hydrogens is 449 g/mol. The third-order valence-electron chi connectivity index (χ3n) is 4.08. The van der Waals surface area contributed by atoms with E-state index in [-0.39, 0.29) is 36.6 Å². The van der Waals surface area contributed by atoms with Gasteiger partial charge in [0.25, 0.3) is 0 Å². The Bertz CT molecular complexity index is 688. The predicted octanol–water partition coefficient (Wildman–Crippen LogP) is 1.70. The zero-order chi connectivity index (χ0) is 17.6. The summed E-state index contributed by atoms with van der Waals surface area (Å²) < 4.78 is 12.9.